The van der Waals surface area contributed by atoms with Crippen LogP contribution in [0.15, 0.2) is 24.3 Å². The fraction of sp³-hybridized carbons (Fsp3) is 0.577. The highest BCUT2D eigenvalue weighted by molar-refractivity contribution is 6.03. The summed E-state index contributed by atoms with van der Waals surface area (Å²) in [5, 5.41) is 14.0. The Morgan fingerprint density at radius 2 is 1.84 bits per heavy atom. The summed E-state index contributed by atoms with van der Waals surface area (Å²) >= 11 is 0. The monoisotopic (exact) mass is 512 g/mol. The van der Waals surface area contributed by atoms with E-state index in [1.165, 1.54) is 0 Å². The van der Waals surface area contributed by atoms with E-state index >= 15 is 0 Å². The van der Waals surface area contributed by atoms with Crippen molar-refractivity contribution in [1.82, 2.24) is 26.2 Å². The quantitative estimate of drug-likeness (QED) is 0.313. The Labute approximate surface area is 216 Å². The molecule has 3 fully saturated rings. The zero-order valence-electron chi connectivity index (χ0n) is 21.3. The standard InChI is InChI=1S/C26H36N6O5/c1-15(27-2)23(34)31-19-9-4-3-8-18-10-11-21(32(18)26(19)37)25(36)28-14-16-6-5-7-17(12-16)29-24(35)20-13-22(33)30-20/h5-7,12,15,18-21,27H,3-4,8-11,13-14H2,1-2H3,(H,28,36)(H,29,35)(H,30,33)(H,31,34)/t15?,18-,19-,20?,21-/m0/s1. The fourth-order valence-corrected chi connectivity index (χ4v) is 5.16. The van der Waals surface area contributed by atoms with Gasteiger partial charge in [0.1, 0.15) is 18.1 Å². The number of hydrogen-bond acceptors (Lipinski definition) is 6. The number of carbonyl (C=O) groups excluding carboxylic acids is 5. The van der Waals surface area contributed by atoms with Gasteiger partial charge in [0, 0.05) is 18.3 Å². The second kappa shape index (κ2) is 11.7. The van der Waals surface area contributed by atoms with Crippen molar-refractivity contribution >= 4 is 35.2 Å². The maximum atomic E-state index is 13.5. The van der Waals surface area contributed by atoms with Gasteiger partial charge >= 0.3 is 0 Å². The van der Waals surface area contributed by atoms with Gasteiger partial charge in [-0.1, -0.05) is 25.0 Å². The van der Waals surface area contributed by atoms with E-state index in [0.717, 1.165) is 31.2 Å². The van der Waals surface area contributed by atoms with Gasteiger partial charge in [0.05, 0.1) is 12.5 Å². The van der Waals surface area contributed by atoms with Gasteiger partial charge in [-0.25, -0.2) is 0 Å². The molecule has 1 aromatic carbocycles. The van der Waals surface area contributed by atoms with Crippen molar-refractivity contribution in [1.29, 1.82) is 0 Å². The number of amides is 5. The number of fused-ring (bicyclic) bond motifs is 1. The normalized spacial score (nSPS) is 26.1. The topological polar surface area (TPSA) is 149 Å². The molecule has 3 heterocycles. The van der Waals surface area contributed by atoms with E-state index in [4.69, 9.17) is 0 Å². The number of carbonyl (C=O) groups is 5. The third-order valence-electron chi connectivity index (χ3n) is 7.48. The van der Waals surface area contributed by atoms with Crippen LogP contribution in [0.3, 0.4) is 0 Å². The van der Waals surface area contributed by atoms with Crippen LogP contribution in [0.4, 0.5) is 5.69 Å². The van der Waals surface area contributed by atoms with E-state index < -0.39 is 24.2 Å². The van der Waals surface area contributed by atoms with E-state index in [1.54, 1.807) is 37.1 Å². The van der Waals surface area contributed by atoms with E-state index in [0.29, 0.717) is 18.5 Å². The van der Waals surface area contributed by atoms with Crippen LogP contribution in [0, 0.1) is 0 Å². The van der Waals surface area contributed by atoms with E-state index in [2.05, 4.69) is 26.6 Å². The van der Waals surface area contributed by atoms with Crippen molar-refractivity contribution in [2.45, 2.75) is 88.6 Å². The number of hydrogen-bond donors (Lipinski definition) is 5. The Morgan fingerprint density at radius 1 is 1.08 bits per heavy atom. The van der Waals surface area contributed by atoms with Gasteiger partial charge in [0.2, 0.25) is 29.5 Å². The highest BCUT2D eigenvalue weighted by atomic mass is 16.2. The van der Waals surface area contributed by atoms with Crippen molar-refractivity contribution in [3.8, 4) is 0 Å². The Bertz CT molecular complexity index is 1050. The van der Waals surface area contributed by atoms with Gasteiger partial charge in [-0.2, -0.15) is 0 Å². The molecule has 0 spiro atoms. The SMILES string of the molecule is CNC(C)C(=O)N[C@H]1CCCC[C@H]2CC[C@@H](C(=O)NCc3cccc(NC(=O)C4CC(=O)N4)c3)N2C1=O. The third kappa shape index (κ3) is 6.27. The molecule has 0 aliphatic carbocycles. The summed E-state index contributed by atoms with van der Waals surface area (Å²) in [4.78, 5) is 64.1. The zero-order chi connectivity index (χ0) is 26.5. The van der Waals surface area contributed by atoms with Crippen LogP contribution in [-0.2, 0) is 30.5 Å². The van der Waals surface area contributed by atoms with Crippen LogP contribution in [0.1, 0.15) is 57.4 Å². The lowest BCUT2D eigenvalue weighted by atomic mass is 9.98. The largest absolute Gasteiger partial charge is 0.350 e. The van der Waals surface area contributed by atoms with Crippen LogP contribution in [0.25, 0.3) is 0 Å². The molecule has 1 aromatic rings. The van der Waals surface area contributed by atoms with Crippen molar-refractivity contribution < 1.29 is 24.0 Å². The molecule has 11 nitrogen and oxygen atoms in total. The Morgan fingerprint density at radius 3 is 2.57 bits per heavy atom. The van der Waals surface area contributed by atoms with Gasteiger partial charge in [-0.05, 0) is 57.4 Å². The molecule has 3 aliphatic rings. The first-order valence-electron chi connectivity index (χ1n) is 13.0. The van der Waals surface area contributed by atoms with E-state index in [1.807, 2.05) is 6.07 Å². The van der Waals surface area contributed by atoms with Crippen molar-refractivity contribution in [2.24, 2.45) is 0 Å². The molecule has 0 saturated carbocycles. The molecule has 5 N–H and O–H groups in total. The smallest absolute Gasteiger partial charge is 0.247 e. The minimum Gasteiger partial charge on any atom is -0.350 e. The molecule has 0 radical (unpaired) electrons. The van der Waals surface area contributed by atoms with Gasteiger partial charge in [-0.3, -0.25) is 24.0 Å². The number of likely N-dealkylation sites (N-methyl/N-ethyl adjacent to an activating group) is 1. The van der Waals surface area contributed by atoms with Crippen molar-refractivity contribution in [3.05, 3.63) is 29.8 Å². The lowest BCUT2D eigenvalue weighted by Crippen LogP contribution is -2.57. The summed E-state index contributed by atoms with van der Waals surface area (Å²) < 4.78 is 0. The van der Waals surface area contributed by atoms with Crippen molar-refractivity contribution in [2.75, 3.05) is 12.4 Å². The van der Waals surface area contributed by atoms with Crippen LogP contribution < -0.4 is 26.6 Å². The molecule has 5 atom stereocenters. The highest BCUT2D eigenvalue weighted by Crippen LogP contribution is 2.31. The second-order valence-electron chi connectivity index (χ2n) is 10.1. The molecular weight excluding hydrogens is 476 g/mol. The summed E-state index contributed by atoms with van der Waals surface area (Å²) in [7, 11) is 1.69. The average Bonchev–Trinajstić information content (AvgIpc) is 3.28. The van der Waals surface area contributed by atoms with Gasteiger partial charge in [-0.15, -0.1) is 0 Å². The third-order valence-corrected chi connectivity index (χ3v) is 7.48. The maximum Gasteiger partial charge on any atom is 0.247 e. The molecule has 37 heavy (non-hydrogen) atoms. The Balaban J connectivity index is 1.37. The molecule has 4 rings (SSSR count). The number of anilines is 1. The molecule has 0 bridgehead atoms. The molecule has 3 aliphatic heterocycles. The molecule has 11 heteroatoms. The summed E-state index contributed by atoms with van der Waals surface area (Å²) in [6, 6.07) is 4.98. The first-order chi connectivity index (χ1) is 17.8. The fourth-order valence-electron chi connectivity index (χ4n) is 5.16. The number of nitrogens with zero attached hydrogens (tertiary/aromatic N) is 1. The van der Waals surface area contributed by atoms with Crippen LogP contribution >= 0.6 is 0 Å². The predicted molar refractivity (Wildman–Crippen MR) is 136 cm³/mol. The average molecular weight is 513 g/mol. The lowest BCUT2D eigenvalue weighted by Gasteiger charge is -2.35. The predicted octanol–water partition coefficient (Wildman–Crippen LogP) is 0.156. The number of benzene rings is 1. The molecule has 5 amide bonds. The zero-order valence-corrected chi connectivity index (χ0v) is 21.3. The lowest BCUT2D eigenvalue weighted by molar-refractivity contribution is -0.144. The minimum atomic E-state index is -0.639. The molecule has 2 unspecified atom stereocenters. The Hall–Kier alpha value is -3.47. The Kier molecular flexibility index (Phi) is 8.42. The summed E-state index contributed by atoms with van der Waals surface area (Å²) in [5.74, 6) is -1.07. The highest BCUT2D eigenvalue weighted by Gasteiger charge is 2.44. The summed E-state index contributed by atoms with van der Waals surface area (Å²) in [5.41, 5.74) is 1.37. The van der Waals surface area contributed by atoms with Gasteiger partial charge in [0.25, 0.3) is 0 Å². The van der Waals surface area contributed by atoms with E-state index in [-0.39, 0.29) is 48.5 Å². The van der Waals surface area contributed by atoms with Gasteiger partial charge < -0.3 is 31.5 Å². The second-order valence-corrected chi connectivity index (χ2v) is 10.1. The van der Waals surface area contributed by atoms with Crippen LogP contribution in [0.5, 0.6) is 0 Å². The summed E-state index contributed by atoms with van der Waals surface area (Å²) in [6.07, 6.45) is 4.73. The first kappa shape index (κ1) is 26.6. The minimum absolute atomic E-state index is 0.00443. The van der Waals surface area contributed by atoms with Crippen LogP contribution in [-0.4, -0.2) is 71.7 Å². The first-order valence-corrected chi connectivity index (χ1v) is 13.0. The van der Waals surface area contributed by atoms with Crippen molar-refractivity contribution in [3.63, 3.8) is 0 Å². The maximum absolute atomic E-state index is 13.5. The molecule has 0 aromatic heterocycles. The van der Waals surface area contributed by atoms with Crippen LogP contribution in [0.2, 0.25) is 0 Å². The number of nitrogens with one attached hydrogen (secondary N) is 5. The molecular formula is C26H36N6O5. The summed E-state index contributed by atoms with van der Waals surface area (Å²) in [6.45, 7) is 1.98. The number of β-lactam (4-membered cyclic amide) rings is 1. The molecule has 200 valence electrons. The molecule has 3 saturated heterocycles. The number of rotatable bonds is 8. The van der Waals surface area contributed by atoms with E-state index in [9.17, 15) is 24.0 Å². The van der Waals surface area contributed by atoms with Gasteiger partial charge in [0.15, 0.2) is 0 Å².